The van der Waals surface area contributed by atoms with Gasteiger partial charge in [0.25, 0.3) is 5.56 Å². The number of aromatic nitrogens is 4. The number of nitrogens with one attached hydrogen (secondary N) is 1. The van der Waals surface area contributed by atoms with E-state index in [-0.39, 0.29) is 12.1 Å². The van der Waals surface area contributed by atoms with Gasteiger partial charge in [-0.05, 0) is 35.8 Å². The highest BCUT2D eigenvalue weighted by Crippen LogP contribution is 2.21. The summed E-state index contributed by atoms with van der Waals surface area (Å²) in [7, 11) is 1.58. The lowest BCUT2D eigenvalue weighted by atomic mass is 10.3. The molecule has 0 fully saturated rings. The number of fused-ring (bicyclic) bond motifs is 1. The monoisotopic (exact) mass is 381 g/mol. The van der Waals surface area contributed by atoms with Gasteiger partial charge in [-0.2, -0.15) is 3.96 Å². The lowest BCUT2D eigenvalue weighted by Crippen LogP contribution is -2.32. The number of hydrogen-bond donors (Lipinski definition) is 1. The van der Waals surface area contributed by atoms with Crippen molar-refractivity contribution in [2.24, 2.45) is 0 Å². The molecule has 2 aromatic heterocycles. The molecule has 0 spiro atoms. The average molecular weight is 381 g/mol. The van der Waals surface area contributed by atoms with Crippen molar-refractivity contribution >= 4 is 27.6 Å². The summed E-state index contributed by atoms with van der Waals surface area (Å²) in [4.78, 5) is 24.7. The van der Waals surface area contributed by atoms with E-state index in [1.54, 1.807) is 30.1 Å². The second-order valence-corrected chi connectivity index (χ2v) is 6.66. The largest absolute Gasteiger partial charge is 0.494 e. The maximum atomic E-state index is 12.4. The molecule has 0 aliphatic rings. The standard InChI is InChI=1S/C18H15N5O3S/c1-26-15-8-4-3-7-14(15)22-11-12(20-21-22)10-19-18(25)23-17(24)13-6-2-5-9-16(13)27-23/h2-9,11H,10H2,1H3,(H,19,25). The molecular formula is C18H15N5O3S. The highest BCUT2D eigenvalue weighted by Gasteiger charge is 2.14. The SMILES string of the molecule is COc1ccccc1-n1cc(CNC(=O)n2sc3ccccc3c2=O)nn1. The van der Waals surface area contributed by atoms with Gasteiger partial charge in [0.15, 0.2) is 0 Å². The van der Waals surface area contributed by atoms with Gasteiger partial charge in [-0.1, -0.05) is 29.5 Å². The van der Waals surface area contributed by atoms with E-state index in [4.69, 9.17) is 4.74 Å². The van der Waals surface area contributed by atoms with Crippen LogP contribution in [0.1, 0.15) is 5.69 Å². The highest BCUT2D eigenvalue weighted by atomic mass is 32.1. The molecule has 0 bridgehead atoms. The van der Waals surface area contributed by atoms with Crippen LogP contribution in [0.4, 0.5) is 4.79 Å². The molecule has 1 amide bonds. The van der Waals surface area contributed by atoms with Gasteiger partial charge in [0.2, 0.25) is 0 Å². The number of hydrogen-bond acceptors (Lipinski definition) is 6. The van der Waals surface area contributed by atoms with Crippen molar-refractivity contribution in [3.05, 3.63) is 70.8 Å². The molecule has 27 heavy (non-hydrogen) atoms. The molecule has 8 nitrogen and oxygen atoms in total. The first kappa shape index (κ1) is 17.0. The Bertz CT molecular complexity index is 1180. The summed E-state index contributed by atoms with van der Waals surface area (Å²) in [5, 5.41) is 11.4. The molecule has 4 rings (SSSR count). The highest BCUT2D eigenvalue weighted by molar-refractivity contribution is 7.14. The van der Waals surface area contributed by atoms with Gasteiger partial charge >= 0.3 is 6.03 Å². The van der Waals surface area contributed by atoms with Crippen molar-refractivity contribution in [1.29, 1.82) is 0 Å². The normalized spacial score (nSPS) is 10.9. The number of rotatable bonds is 4. The zero-order valence-electron chi connectivity index (χ0n) is 14.3. The van der Waals surface area contributed by atoms with Crippen molar-refractivity contribution in [2.45, 2.75) is 6.54 Å². The fraction of sp³-hybridized carbons (Fsp3) is 0.111. The number of methoxy groups -OCH3 is 1. The minimum Gasteiger partial charge on any atom is -0.494 e. The maximum Gasteiger partial charge on any atom is 0.338 e. The van der Waals surface area contributed by atoms with Crippen LogP contribution in [0.5, 0.6) is 5.75 Å². The first-order valence-corrected chi connectivity index (χ1v) is 8.88. The van der Waals surface area contributed by atoms with Crippen LogP contribution in [0.15, 0.2) is 59.5 Å². The van der Waals surface area contributed by atoms with Crippen molar-refractivity contribution in [2.75, 3.05) is 7.11 Å². The van der Waals surface area contributed by atoms with E-state index >= 15 is 0 Å². The summed E-state index contributed by atoms with van der Waals surface area (Å²) in [5.41, 5.74) is 0.972. The van der Waals surface area contributed by atoms with Crippen molar-refractivity contribution in [3.8, 4) is 11.4 Å². The quantitative estimate of drug-likeness (QED) is 0.586. The van der Waals surface area contributed by atoms with Gasteiger partial charge in [-0.25, -0.2) is 9.48 Å². The van der Waals surface area contributed by atoms with Crippen LogP contribution in [0, 0.1) is 0 Å². The molecular weight excluding hydrogens is 366 g/mol. The van der Waals surface area contributed by atoms with Crippen LogP contribution in [-0.2, 0) is 6.54 Å². The summed E-state index contributed by atoms with van der Waals surface area (Å²) in [6.45, 7) is 0.147. The van der Waals surface area contributed by atoms with E-state index in [0.29, 0.717) is 16.8 Å². The molecule has 1 N–H and O–H groups in total. The van der Waals surface area contributed by atoms with Crippen molar-refractivity contribution in [3.63, 3.8) is 0 Å². The molecule has 0 aliphatic heterocycles. The van der Waals surface area contributed by atoms with E-state index in [9.17, 15) is 9.59 Å². The third-order valence-electron chi connectivity index (χ3n) is 3.97. The maximum absolute atomic E-state index is 12.4. The predicted octanol–water partition coefficient (Wildman–Crippen LogP) is 2.41. The number of amides is 1. The van der Waals surface area contributed by atoms with Gasteiger partial charge in [-0.3, -0.25) is 4.79 Å². The molecule has 2 heterocycles. The molecule has 0 atom stereocenters. The van der Waals surface area contributed by atoms with Crippen LogP contribution in [0.25, 0.3) is 15.8 Å². The van der Waals surface area contributed by atoms with E-state index in [1.165, 1.54) is 0 Å². The predicted molar refractivity (Wildman–Crippen MR) is 102 cm³/mol. The van der Waals surface area contributed by atoms with Crippen molar-refractivity contribution < 1.29 is 9.53 Å². The Hall–Kier alpha value is -3.46. The zero-order chi connectivity index (χ0) is 18.8. The average Bonchev–Trinajstić information content (AvgIpc) is 3.31. The fourth-order valence-corrected chi connectivity index (χ4v) is 3.58. The van der Waals surface area contributed by atoms with Gasteiger partial charge < -0.3 is 10.1 Å². The summed E-state index contributed by atoms with van der Waals surface area (Å²) in [6.07, 6.45) is 1.70. The van der Waals surface area contributed by atoms with Crippen LogP contribution in [-0.4, -0.2) is 32.1 Å². The number of carbonyl (C=O) groups is 1. The topological polar surface area (TPSA) is 91.0 Å². The number of carbonyl (C=O) groups excluding carboxylic acids is 1. The summed E-state index contributed by atoms with van der Waals surface area (Å²) >= 11 is 1.11. The zero-order valence-corrected chi connectivity index (χ0v) is 15.1. The molecule has 4 aromatic rings. The van der Waals surface area contributed by atoms with Gasteiger partial charge in [0, 0.05) is 0 Å². The summed E-state index contributed by atoms with van der Waals surface area (Å²) < 4.78 is 8.76. The Labute approximate surface area is 157 Å². The second kappa shape index (κ2) is 7.04. The third kappa shape index (κ3) is 3.20. The number of nitrogens with zero attached hydrogens (tertiary/aromatic N) is 4. The van der Waals surface area contributed by atoms with Crippen LogP contribution >= 0.6 is 11.5 Å². The van der Waals surface area contributed by atoms with Gasteiger partial charge in [-0.15, -0.1) is 5.10 Å². The van der Waals surface area contributed by atoms with Crippen molar-refractivity contribution in [1.82, 2.24) is 24.3 Å². The van der Waals surface area contributed by atoms with E-state index in [0.717, 1.165) is 25.9 Å². The lowest BCUT2D eigenvalue weighted by molar-refractivity contribution is 0.243. The third-order valence-corrected chi connectivity index (χ3v) is 5.04. The smallest absolute Gasteiger partial charge is 0.338 e. The molecule has 0 saturated heterocycles. The molecule has 136 valence electrons. The van der Waals surface area contributed by atoms with Gasteiger partial charge in [0.05, 0.1) is 29.9 Å². The Kier molecular flexibility index (Phi) is 4.43. The number of benzene rings is 2. The minimum absolute atomic E-state index is 0.147. The van der Waals surface area contributed by atoms with Gasteiger partial charge in [0.1, 0.15) is 17.1 Å². The van der Waals surface area contributed by atoms with E-state index in [1.807, 2.05) is 36.4 Å². The first-order valence-electron chi connectivity index (χ1n) is 8.11. The Balaban J connectivity index is 1.50. The number of ether oxygens (including phenoxy) is 1. The molecule has 0 radical (unpaired) electrons. The summed E-state index contributed by atoms with van der Waals surface area (Å²) in [6, 6.07) is 14.0. The first-order chi connectivity index (χ1) is 13.2. The second-order valence-electron chi connectivity index (χ2n) is 5.67. The fourth-order valence-electron chi connectivity index (χ4n) is 2.66. The molecule has 9 heteroatoms. The molecule has 0 aliphatic carbocycles. The lowest BCUT2D eigenvalue weighted by Gasteiger charge is -2.06. The van der Waals surface area contributed by atoms with Crippen LogP contribution < -0.4 is 15.6 Å². The van der Waals surface area contributed by atoms with E-state index < -0.39 is 6.03 Å². The molecule has 0 saturated carbocycles. The Morgan fingerprint density at radius 3 is 2.78 bits per heavy atom. The molecule has 2 aromatic carbocycles. The minimum atomic E-state index is -0.493. The number of para-hydroxylation sites is 2. The summed E-state index contributed by atoms with van der Waals surface area (Å²) in [5.74, 6) is 0.662. The van der Waals surface area contributed by atoms with Crippen LogP contribution in [0.3, 0.4) is 0 Å². The molecule has 0 unspecified atom stereocenters. The van der Waals surface area contributed by atoms with Crippen LogP contribution in [0.2, 0.25) is 0 Å². The Morgan fingerprint density at radius 1 is 1.19 bits per heavy atom. The Morgan fingerprint density at radius 2 is 1.96 bits per heavy atom. The van der Waals surface area contributed by atoms with E-state index in [2.05, 4.69) is 15.6 Å².